The first-order valence-electron chi connectivity index (χ1n) is 6.20. The minimum absolute atomic E-state index is 0.0329. The molecule has 5 nitrogen and oxygen atoms in total. The number of ketones is 1. The number of nitrogens with one attached hydrogen (secondary N) is 1. The lowest BCUT2D eigenvalue weighted by molar-refractivity contribution is -0.118. The minimum atomic E-state index is -0.448. The van der Waals surface area contributed by atoms with E-state index in [0.717, 1.165) is 5.56 Å². The van der Waals surface area contributed by atoms with Crippen LogP contribution in [-0.4, -0.2) is 17.6 Å². The van der Waals surface area contributed by atoms with Gasteiger partial charge in [-0.15, -0.1) is 0 Å². The van der Waals surface area contributed by atoms with Gasteiger partial charge in [0.1, 0.15) is 0 Å². The van der Waals surface area contributed by atoms with Gasteiger partial charge in [-0.1, -0.05) is 0 Å². The molecule has 0 radical (unpaired) electrons. The molecule has 1 aliphatic rings. The summed E-state index contributed by atoms with van der Waals surface area (Å²) in [7, 11) is 0. The third-order valence-electron chi connectivity index (χ3n) is 3.27. The van der Waals surface area contributed by atoms with E-state index >= 15 is 0 Å². The van der Waals surface area contributed by atoms with Crippen molar-refractivity contribution >= 4 is 23.3 Å². The quantitative estimate of drug-likeness (QED) is 0.857. The predicted molar refractivity (Wildman–Crippen MR) is 70.7 cm³/mol. The maximum Gasteiger partial charge on any atom is 0.221 e. The molecule has 2 rings (SSSR count). The fourth-order valence-electron chi connectivity index (χ4n) is 2.44. The lowest BCUT2D eigenvalue weighted by atomic mass is 9.81. The SMILES string of the molecule is CC(=O)Nc1ccc2c(c1)CCC(CC(N)=O)C2=O. The highest BCUT2D eigenvalue weighted by atomic mass is 16.2. The van der Waals surface area contributed by atoms with Crippen LogP contribution in [0.3, 0.4) is 0 Å². The summed E-state index contributed by atoms with van der Waals surface area (Å²) in [4.78, 5) is 34.1. The molecule has 1 atom stereocenters. The highest BCUT2D eigenvalue weighted by Crippen LogP contribution is 2.29. The summed E-state index contributed by atoms with van der Waals surface area (Å²) in [6.07, 6.45) is 1.44. The van der Waals surface area contributed by atoms with Crippen molar-refractivity contribution in [3.05, 3.63) is 29.3 Å². The Morgan fingerprint density at radius 1 is 1.42 bits per heavy atom. The summed E-state index contributed by atoms with van der Waals surface area (Å²) in [5, 5.41) is 2.69. The average molecular weight is 260 g/mol. The molecule has 1 aliphatic carbocycles. The van der Waals surface area contributed by atoms with Crippen LogP contribution in [0, 0.1) is 5.92 Å². The van der Waals surface area contributed by atoms with Gasteiger partial charge in [0.05, 0.1) is 0 Å². The summed E-state index contributed by atoms with van der Waals surface area (Å²) in [6, 6.07) is 5.22. The summed E-state index contributed by atoms with van der Waals surface area (Å²) in [6.45, 7) is 1.44. The Labute approximate surface area is 111 Å². The Kier molecular flexibility index (Phi) is 3.64. The Hall–Kier alpha value is -2.17. The first-order valence-corrected chi connectivity index (χ1v) is 6.20. The van der Waals surface area contributed by atoms with E-state index in [1.165, 1.54) is 6.92 Å². The summed E-state index contributed by atoms with van der Waals surface area (Å²) < 4.78 is 0. The van der Waals surface area contributed by atoms with Crippen LogP contribution in [0.1, 0.15) is 35.7 Å². The number of primary amides is 1. The molecule has 0 aliphatic heterocycles. The number of fused-ring (bicyclic) bond motifs is 1. The van der Waals surface area contributed by atoms with Gasteiger partial charge in [-0.25, -0.2) is 0 Å². The van der Waals surface area contributed by atoms with Crippen LogP contribution in [0.2, 0.25) is 0 Å². The second kappa shape index (κ2) is 5.22. The number of carbonyl (C=O) groups excluding carboxylic acids is 3. The van der Waals surface area contributed by atoms with Gasteiger partial charge in [0, 0.05) is 30.5 Å². The number of hydrogen-bond donors (Lipinski definition) is 2. The van der Waals surface area contributed by atoms with Crippen LogP contribution in [0.25, 0.3) is 0 Å². The highest BCUT2D eigenvalue weighted by molar-refractivity contribution is 6.02. The number of rotatable bonds is 3. The molecule has 1 unspecified atom stereocenters. The molecular weight excluding hydrogens is 244 g/mol. The zero-order valence-corrected chi connectivity index (χ0v) is 10.7. The first-order chi connectivity index (χ1) is 8.97. The van der Waals surface area contributed by atoms with E-state index in [9.17, 15) is 14.4 Å². The van der Waals surface area contributed by atoms with Crippen molar-refractivity contribution in [1.82, 2.24) is 0 Å². The van der Waals surface area contributed by atoms with Crippen molar-refractivity contribution in [2.45, 2.75) is 26.2 Å². The molecule has 3 N–H and O–H groups in total. The van der Waals surface area contributed by atoms with E-state index < -0.39 is 5.91 Å². The van der Waals surface area contributed by atoms with Crippen LogP contribution < -0.4 is 11.1 Å². The maximum absolute atomic E-state index is 12.2. The molecule has 100 valence electrons. The molecule has 0 spiro atoms. The maximum atomic E-state index is 12.2. The lowest BCUT2D eigenvalue weighted by Gasteiger charge is -2.22. The molecule has 0 fully saturated rings. The smallest absolute Gasteiger partial charge is 0.221 e. The fraction of sp³-hybridized carbons (Fsp3) is 0.357. The highest BCUT2D eigenvalue weighted by Gasteiger charge is 2.28. The Balaban J connectivity index is 2.23. The summed E-state index contributed by atoms with van der Waals surface area (Å²) in [5.41, 5.74) is 7.38. The van der Waals surface area contributed by atoms with Crippen LogP contribution >= 0.6 is 0 Å². The van der Waals surface area contributed by atoms with Crippen LogP contribution in [0.15, 0.2) is 18.2 Å². The van der Waals surface area contributed by atoms with Crippen molar-refractivity contribution in [2.75, 3.05) is 5.32 Å². The molecule has 19 heavy (non-hydrogen) atoms. The van der Waals surface area contributed by atoms with Gasteiger partial charge >= 0.3 is 0 Å². The average Bonchev–Trinajstić information content (AvgIpc) is 2.31. The number of anilines is 1. The van der Waals surface area contributed by atoms with Crippen molar-refractivity contribution in [1.29, 1.82) is 0 Å². The van der Waals surface area contributed by atoms with E-state index in [-0.39, 0.29) is 24.0 Å². The predicted octanol–water partition coefficient (Wildman–Crippen LogP) is 1.27. The van der Waals surface area contributed by atoms with Gasteiger partial charge in [-0.2, -0.15) is 0 Å². The second-order valence-corrected chi connectivity index (χ2v) is 4.82. The van der Waals surface area contributed by atoms with Crippen molar-refractivity contribution < 1.29 is 14.4 Å². The van der Waals surface area contributed by atoms with Crippen LogP contribution in [0.5, 0.6) is 0 Å². The summed E-state index contributed by atoms with van der Waals surface area (Å²) >= 11 is 0. The molecule has 0 bridgehead atoms. The molecule has 1 aromatic carbocycles. The van der Waals surface area contributed by atoms with Gasteiger partial charge in [-0.05, 0) is 36.6 Å². The lowest BCUT2D eigenvalue weighted by Crippen LogP contribution is -2.27. The Morgan fingerprint density at radius 2 is 2.16 bits per heavy atom. The van der Waals surface area contributed by atoms with Gasteiger partial charge in [0.15, 0.2) is 5.78 Å². The second-order valence-electron chi connectivity index (χ2n) is 4.82. The molecule has 2 amide bonds. The van der Waals surface area contributed by atoms with Crippen LogP contribution in [-0.2, 0) is 16.0 Å². The number of aryl methyl sites for hydroxylation is 1. The van der Waals surface area contributed by atoms with E-state index in [4.69, 9.17) is 5.73 Å². The third-order valence-corrected chi connectivity index (χ3v) is 3.27. The number of Topliss-reactive ketones (excluding diaryl/α,β-unsaturated/α-hetero) is 1. The normalized spacial score (nSPS) is 17.7. The minimum Gasteiger partial charge on any atom is -0.370 e. The van der Waals surface area contributed by atoms with Gasteiger partial charge in [0.25, 0.3) is 0 Å². The van der Waals surface area contributed by atoms with Crippen LogP contribution in [0.4, 0.5) is 5.69 Å². The number of hydrogen-bond acceptors (Lipinski definition) is 3. The number of nitrogens with two attached hydrogens (primary N) is 1. The Bertz CT molecular complexity index is 552. The Morgan fingerprint density at radius 3 is 2.79 bits per heavy atom. The first kappa shape index (κ1) is 13.3. The van der Waals surface area contributed by atoms with E-state index in [1.54, 1.807) is 12.1 Å². The standard InChI is InChI=1S/C14H16N2O3/c1-8(17)16-11-4-5-12-9(6-11)2-3-10(14(12)19)7-13(15)18/h4-6,10H,2-3,7H2,1H3,(H2,15,18)(H,16,17). The number of amides is 2. The van der Waals surface area contributed by atoms with E-state index in [1.807, 2.05) is 6.07 Å². The number of carbonyl (C=O) groups is 3. The molecule has 0 saturated heterocycles. The zero-order chi connectivity index (χ0) is 14.0. The topological polar surface area (TPSA) is 89.3 Å². The zero-order valence-electron chi connectivity index (χ0n) is 10.7. The summed E-state index contributed by atoms with van der Waals surface area (Å²) in [5.74, 6) is -0.934. The van der Waals surface area contributed by atoms with Gasteiger partial charge in [-0.3, -0.25) is 14.4 Å². The monoisotopic (exact) mass is 260 g/mol. The largest absolute Gasteiger partial charge is 0.370 e. The van der Waals surface area contributed by atoms with Crippen molar-refractivity contribution in [3.8, 4) is 0 Å². The molecule has 0 heterocycles. The molecule has 1 aromatic rings. The van der Waals surface area contributed by atoms with Crippen molar-refractivity contribution in [2.24, 2.45) is 11.7 Å². The molecule has 0 saturated carbocycles. The van der Waals surface area contributed by atoms with E-state index in [2.05, 4.69) is 5.32 Å². The molecule has 0 aromatic heterocycles. The third kappa shape index (κ3) is 2.99. The van der Waals surface area contributed by atoms with Gasteiger partial charge < -0.3 is 11.1 Å². The van der Waals surface area contributed by atoms with Gasteiger partial charge in [0.2, 0.25) is 11.8 Å². The molecular formula is C14H16N2O3. The fourth-order valence-corrected chi connectivity index (χ4v) is 2.44. The number of benzene rings is 1. The van der Waals surface area contributed by atoms with E-state index in [0.29, 0.717) is 24.1 Å². The van der Waals surface area contributed by atoms with Crippen molar-refractivity contribution in [3.63, 3.8) is 0 Å². The molecule has 5 heteroatoms.